The number of carboxylic acid groups (broad SMARTS) is 1. The van der Waals surface area contributed by atoms with Gasteiger partial charge in [-0.25, -0.2) is 0 Å². The van der Waals surface area contributed by atoms with Gasteiger partial charge in [-0.15, -0.1) is 12.4 Å². The van der Waals surface area contributed by atoms with Crippen molar-refractivity contribution in [3.05, 3.63) is 71.3 Å². The van der Waals surface area contributed by atoms with E-state index in [1.807, 2.05) is 6.07 Å². The quantitative estimate of drug-likeness (QED) is 0.632. The number of hydrogen-bond donors (Lipinski definition) is 1. The highest BCUT2D eigenvalue weighted by molar-refractivity contribution is 5.85. The van der Waals surface area contributed by atoms with Crippen molar-refractivity contribution in [3.8, 4) is 0 Å². The summed E-state index contributed by atoms with van der Waals surface area (Å²) in [5, 5.41) is 8.78. The summed E-state index contributed by atoms with van der Waals surface area (Å²) in [7, 11) is 0. The molecule has 0 radical (unpaired) electrons. The predicted molar refractivity (Wildman–Crippen MR) is 114 cm³/mol. The Kier molecular flexibility index (Phi) is 9.48. The maximum atomic E-state index is 10.7. The van der Waals surface area contributed by atoms with E-state index >= 15 is 0 Å². The van der Waals surface area contributed by atoms with Crippen LogP contribution in [-0.4, -0.2) is 41.7 Å². The molecule has 0 saturated carbocycles. The summed E-state index contributed by atoms with van der Waals surface area (Å²) in [4.78, 5) is 13.0. The van der Waals surface area contributed by atoms with Gasteiger partial charge in [0, 0.05) is 12.5 Å². The van der Waals surface area contributed by atoms with E-state index in [-0.39, 0.29) is 18.8 Å². The van der Waals surface area contributed by atoms with Crippen LogP contribution in [0.15, 0.2) is 54.6 Å². The molecule has 1 fully saturated rings. The molecule has 2 aromatic carbocycles. The molecule has 1 unspecified atom stereocenters. The summed E-state index contributed by atoms with van der Waals surface area (Å²) in [6.45, 7) is 3.26. The second-order valence-corrected chi connectivity index (χ2v) is 7.32. The lowest BCUT2D eigenvalue weighted by Crippen LogP contribution is -2.34. The highest BCUT2D eigenvalue weighted by Crippen LogP contribution is 2.19. The molecule has 1 aliphatic rings. The molecule has 0 spiro atoms. The van der Waals surface area contributed by atoms with Crippen LogP contribution in [0.25, 0.3) is 0 Å². The minimum absolute atomic E-state index is 0. The number of aliphatic carboxylic acids is 1. The van der Waals surface area contributed by atoms with Gasteiger partial charge in [0.25, 0.3) is 0 Å². The van der Waals surface area contributed by atoms with Crippen molar-refractivity contribution in [1.82, 2.24) is 4.90 Å². The topological polar surface area (TPSA) is 49.8 Å². The molecule has 0 aliphatic carbocycles. The van der Waals surface area contributed by atoms with Crippen molar-refractivity contribution in [2.75, 3.05) is 19.7 Å². The molecule has 0 aromatic heterocycles. The highest BCUT2D eigenvalue weighted by atomic mass is 35.5. The zero-order valence-corrected chi connectivity index (χ0v) is 17.1. The normalized spacial score (nSPS) is 16.6. The molecule has 3 rings (SSSR count). The Balaban J connectivity index is 0.00000280. The SMILES string of the molecule is Cl.O=C(O)CCCN1CCCC1COCc1ccc(Cc2ccccc2)cc1. The third-order valence-electron chi connectivity index (χ3n) is 5.19. The number of ether oxygens (including phenoxy) is 1. The van der Waals surface area contributed by atoms with Crippen molar-refractivity contribution in [3.63, 3.8) is 0 Å². The number of carboxylic acids is 1. The monoisotopic (exact) mass is 403 g/mol. The first-order valence-electron chi connectivity index (χ1n) is 9.86. The van der Waals surface area contributed by atoms with Gasteiger partial charge in [0.1, 0.15) is 0 Å². The van der Waals surface area contributed by atoms with Gasteiger partial charge >= 0.3 is 5.97 Å². The number of rotatable bonds is 10. The summed E-state index contributed by atoms with van der Waals surface area (Å²) >= 11 is 0. The summed E-state index contributed by atoms with van der Waals surface area (Å²) in [6, 6.07) is 19.6. The molecule has 1 N–H and O–H groups in total. The number of halogens is 1. The van der Waals surface area contributed by atoms with Crippen molar-refractivity contribution in [2.24, 2.45) is 0 Å². The number of carbonyl (C=O) groups is 1. The molecule has 1 atom stereocenters. The Labute approximate surface area is 173 Å². The van der Waals surface area contributed by atoms with Crippen LogP contribution in [0.3, 0.4) is 0 Å². The maximum Gasteiger partial charge on any atom is 0.303 e. The van der Waals surface area contributed by atoms with Gasteiger partial charge in [-0.3, -0.25) is 9.69 Å². The van der Waals surface area contributed by atoms with Crippen LogP contribution in [0.1, 0.15) is 42.4 Å². The van der Waals surface area contributed by atoms with E-state index in [0.29, 0.717) is 19.1 Å². The molecular formula is C23H30ClNO3. The van der Waals surface area contributed by atoms with Crippen molar-refractivity contribution < 1.29 is 14.6 Å². The van der Waals surface area contributed by atoms with E-state index in [9.17, 15) is 4.79 Å². The van der Waals surface area contributed by atoms with Crippen LogP contribution in [0.2, 0.25) is 0 Å². The van der Waals surface area contributed by atoms with Crippen molar-refractivity contribution in [2.45, 2.75) is 44.8 Å². The van der Waals surface area contributed by atoms with Crippen LogP contribution in [0.4, 0.5) is 0 Å². The van der Waals surface area contributed by atoms with Crippen molar-refractivity contribution in [1.29, 1.82) is 0 Å². The number of hydrogen-bond acceptors (Lipinski definition) is 3. The fourth-order valence-electron chi connectivity index (χ4n) is 3.71. The molecule has 0 bridgehead atoms. The number of nitrogens with zero attached hydrogens (tertiary/aromatic N) is 1. The Hall–Kier alpha value is -1.88. The predicted octanol–water partition coefficient (Wildman–Crippen LogP) is 4.55. The van der Waals surface area contributed by atoms with Gasteiger partial charge in [0.05, 0.1) is 13.2 Å². The minimum Gasteiger partial charge on any atom is -0.481 e. The summed E-state index contributed by atoms with van der Waals surface area (Å²) in [5.74, 6) is -0.710. The molecule has 1 aliphatic heterocycles. The zero-order chi connectivity index (χ0) is 18.9. The molecule has 4 nitrogen and oxygen atoms in total. The molecule has 5 heteroatoms. The minimum atomic E-state index is -0.710. The van der Waals surface area contributed by atoms with E-state index in [1.165, 1.54) is 23.1 Å². The maximum absolute atomic E-state index is 10.7. The van der Waals surface area contributed by atoms with E-state index < -0.39 is 5.97 Å². The van der Waals surface area contributed by atoms with Gasteiger partial charge in [0.15, 0.2) is 0 Å². The average molecular weight is 404 g/mol. The summed E-state index contributed by atoms with van der Waals surface area (Å²) in [6.07, 6.45) is 4.24. The fraction of sp³-hybridized carbons (Fsp3) is 0.435. The highest BCUT2D eigenvalue weighted by Gasteiger charge is 2.24. The lowest BCUT2D eigenvalue weighted by atomic mass is 10.0. The molecule has 152 valence electrons. The number of benzene rings is 2. The summed E-state index contributed by atoms with van der Waals surface area (Å²) in [5.41, 5.74) is 3.83. The second-order valence-electron chi connectivity index (χ2n) is 7.32. The third kappa shape index (κ3) is 7.27. The van der Waals surface area contributed by atoms with Crippen LogP contribution < -0.4 is 0 Å². The standard InChI is InChI=1S/C23H29NO3.ClH/c25-23(26)9-5-15-24-14-4-8-22(24)18-27-17-21-12-10-20(11-13-21)16-19-6-2-1-3-7-19;/h1-3,6-7,10-13,22H,4-5,8-9,14-18H2,(H,25,26);1H. The Morgan fingerprint density at radius 3 is 2.43 bits per heavy atom. The molecule has 0 amide bonds. The van der Waals surface area contributed by atoms with Gasteiger partial charge in [0.2, 0.25) is 0 Å². The lowest BCUT2D eigenvalue weighted by Gasteiger charge is -2.24. The van der Waals surface area contributed by atoms with E-state index in [0.717, 1.165) is 32.5 Å². The molecular weight excluding hydrogens is 374 g/mol. The fourth-order valence-corrected chi connectivity index (χ4v) is 3.71. The van der Waals surface area contributed by atoms with Gasteiger partial charge in [-0.05, 0) is 55.5 Å². The Morgan fingerprint density at radius 1 is 1.04 bits per heavy atom. The smallest absolute Gasteiger partial charge is 0.303 e. The third-order valence-corrected chi connectivity index (χ3v) is 5.19. The first-order chi connectivity index (χ1) is 13.2. The van der Waals surface area contributed by atoms with Crippen LogP contribution in [0, 0.1) is 0 Å². The molecule has 28 heavy (non-hydrogen) atoms. The van der Waals surface area contributed by atoms with Crippen molar-refractivity contribution >= 4 is 18.4 Å². The van der Waals surface area contributed by atoms with Gasteiger partial charge < -0.3 is 9.84 Å². The first kappa shape index (κ1) is 22.4. The van der Waals surface area contributed by atoms with Crippen LogP contribution >= 0.6 is 12.4 Å². The first-order valence-corrected chi connectivity index (χ1v) is 9.86. The summed E-state index contributed by atoms with van der Waals surface area (Å²) < 4.78 is 5.96. The van der Waals surface area contributed by atoms with E-state index in [2.05, 4.69) is 53.4 Å². The zero-order valence-electron chi connectivity index (χ0n) is 16.3. The molecule has 1 heterocycles. The molecule has 2 aromatic rings. The van der Waals surface area contributed by atoms with Gasteiger partial charge in [-0.2, -0.15) is 0 Å². The average Bonchev–Trinajstić information content (AvgIpc) is 3.11. The number of likely N-dealkylation sites (tertiary alicyclic amines) is 1. The largest absolute Gasteiger partial charge is 0.481 e. The molecule has 1 saturated heterocycles. The van der Waals surface area contributed by atoms with E-state index in [4.69, 9.17) is 9.84 Å². The Morgan fingerprint density at radius 2 is 1.71 bits per heavy atom. The van der Waals surface area contributed by atoms with Gasteiger partial charge in [-0.1, -0.05) is 54.6 Å². The Bertz CT molecular complexity index is 706. The van der Waals surface area contributed by atoms with Crippen LogP contribution in [0.5, 0.6) is 0 Å². The van der Waals surface area contributed by atoms with Crippen LogP contribution in [-0.2, 0) is 22.6 Å². The van der Waals surface area contributed by atoms with E-state index in [1.54, 1.807) is 0 Å². The lowest BCUT2D eigenvalue weighted by molar-refractivity contribution is -0.137. The second kappa shape index (κ2) is 11.8.